The first-order valence-corrected chi connectivity index (χ1v) is 23.2. The van der Waals surface area contributed by atoms with Crippen LogP contribution < -0.4 is 31.9 Å². The Hall–Kier alpha value is -3.38. The number of thioether (sulfide) groups is 2. The molecule has 1 heterocycles. The number of nitrogens with one attached hydrogen (secondary N) is 6. The Bertz CT molecular complexity index is 1460. The molecule has 2 atom stereocenters. The number of aliphatic carboxylic acids is 1. The molecule has 1 rings (SSSR count). The van der Waals surface area contributed by atoms with Gasteiger partial charge in [0.05, 0.1) is 0 Å². The standard InChI is InChI=1S/C21H36N4O5S.C21H42N4O3S/c1-20(2,3)11-17(27)22-10-9-18-24-15(25-30-18)7-8-16(26)23-14(19(28)29)12-31-13-21(4,5)6;1-8-17(26)25-16(14-29-15-21(5,6)7)19(28)24-12-10-22-9-11-23-18(27)13-20(2,3)4/h14H,7-13H2,1-6H3,(H,22,27)(H,23,26)(H,28,29);16,22H,8-15H2,1-7H3,(H,23,27)(H,24,28)(H,25,26)/t14-;/m0./s1. The molecule has 0 aliphatic carbocycles. The predicted octanol–water partition coefficient (Wildman–Crippen LogP) is 4.36. The van der Waals surface area contributed by atoms with Crippen molar-refractivity contribution in [3.63, 3.8) is 0 Å². The maximum atomic E-state index is 12.4. The van der Waals surface area contributed by atoms with Crippen molar-refractivity contribution < 1.29 is 38.4 Å². The van der Waals surface area contributed by atoms with Crippen LogP contribution in [-0.4, -0.2) is 119 Å². The highest BCUT2D eigenvalue weighted by Crippen LogP contribution is 2.22. The van der Waals surface area contributed by atoms with E-state index in [-0.39, 0.29) is 64.0 Å². The zero-order valence-electron chi connectivity index (χ0n) is 38.8. The number of aryl methyl sites for hydroxylation is 1. The fourth-order valence-electron chi connectivity index (χ4n) is 4.81. The summed E-state index contributed by atoms with van der Waals surface area (Å²) in [5.74, 6) is 1.67. The molecule has 1 aromatic rings. The second kappa shape index (κ2) is 28.3. The molecule has 0 aliphatic heterocycles. The van der Waals surface area contributed by atoms with Gasteiger partial charge in [0.15, 0.2) is 5.82 Å². The molecule has 18 heteroatoms. The van der Waals surface area contributed by atoms with Gasteiger partial charge in [0.25, 0.3) is 0 Å². The van der Waals surface area contributed by atoms with Gasteiger partial charge in [0.1, 0.15) is 12.1 Å². The molecular weight excluding hydrogens is 809 g/mol. The lowest BCUT2D eigenvalue weighted by molar-refractivity contribution is -0.141. The van der Waals surface area contributed by atoms with Gasteiger partial charge in [0.2, 0.25) is 35.4 Å². The molecule has 0 bridgehead atoms. The van der Waals surface area contributed by atoms with Crippen LogP contribution in [0.2, 0.25) is 0 Å². The molecule has 7 N–H and O–H groups in total. The van der Waals surface area contributed by atoms with Crippen LogP contribution >= 0.6 is 23.5 Å². The van der Waals surface area contributed by atoms with Crippen molar-refractivity contribution >= 4 is 59.0 Å². The van der Waals surface area contributed by atoms with Crippen molar-refractivity contribution in [3.8, 4) is 0 Å². The van der Waals surface area contributed by atoms with Gasteiger partial charge in [-0.25, -0.2) is 4.79 Å². The van der Waals surface area contributed by atoms with Crippen LogP contribution in [-0.2, 0) is 41.6 Å². The average Bonchev–Trinajstić information content (AvgIpc) is 3.54. The Morgan fingerprint density at radius 1 is 0.617 bits per heavy atom. The van der Waals surface area contributed by atoms with Crippen LogP contribution in [0.5, 0.6) is 0 Å². The fourth-order valence-corrected chi connectivity index (χ4v) is 7.21. The summed E-state index contributed by atoms with van der Waals surface area (Å²) in [4.78, 5) is 75.5. The van der Waals surface area contributed by atoms with E-state index in [9.17, 15) is 33.9 Å². The third kappa shape index (κ3) is 33.4. The minimum atomic E-state index is -1.05. The van der Waals surface area contributed by atoms with Crippen LogP contribution in [0.3, 0.4) is 0 Å². The van der Waals surface area contributed by atoms with Gasteiger partial charge in [-0.1, -0.05) is 95.2 Å². The molecule has 60 heavy (non-hydrogen) atoms. The SMILES string of the molecule is CC(C)(C)CSC[C@H](NC(=O)CCc1noc(CCNC(=O)CC(C)(C)C)n1)C(=O)O.CCC(=O)NC(CSCC(C)(C)C)C(=O)NCCNCCNC(=O)CC(C)(C)C. The van der Waals surface area contributed by atoms with E-state index < -0.39 is 18.1 Å². The second-order valence-electron chi connectivity index (χ2n) is 19.7. The molecule has 1 aromatic heterocycles. The summed E-state index contributed by atoms with van der Waals surface area (Å²) in [6.07, 6.45) is 2.00. The van der Waals surface area contributed by atoms with Crippen molar-refractivity contribution in [2.24, 2.45) is 21.7 Å². The summed E-state index contributed by atoms with van der Waals surface area (Å²) in [6.45, 7) is 29.2. The molecule has 5 amide bonds. The Balaban J connectivity index is 0.00000116. The number of rotatable bonds is 25. The van der Waals surface area contributed by atoms with E-state index in [0.29, 0.717) is 81.6 Å². The summed E-state index contributed by atoms with van der Waals surface area (Å²) in [6, 6.07) is -1.45. The number of carbonyl (C=O) groups is 6. The third-order valence-corrected chi connectivity index (χ3v) is 10.9. The Kier molecular flexibility index (Phi) is 26.7. The number of hydrogen-bond donors (Lipinski definition) is 7. The van der Waals surface area contributed by atoms with Crippen molar-refractivity contribution in [1.29, 1.82) is 0 Å². The zero-order valence-corrected chi connectivity index (χ0v) is 40.4. The van der Waals surface area contributed by atoms with Gasteiger partial charge in [-0.3, -0.25) is 24.0 Å². The van der Waals surface area contributed by atoms with E-state index in [2.05, 4.69) is 83.6 Å². The van der Waals surface area contributed by atoms with E-state index in [4.69, 9.17) is 4.52 Å². The first-order chi connectivity index (χ1) is 27.6. The maximum absolute atomic E-state index is 12.4. The molecular formula is C42H78N8O8S2. The zero-order chi connectivity index (χ0) is 46.2. The average molecular weight is 887 g/mol. The molecule has 0 saturated heterocycles. The maximum Gasteiger partial charge on any atom is 0.327 e. The molecule has 16 nitrogen and oxygen atoms in total. The summed E-state index contributed by atoms with van der Waals surface area (Å²) in [7, 11) is 0. The molecule has 0 spiro atoms. The lowest BCUT2D eigenvalue weighted by atomic mass is 9.92. The van der Waals surface area contributed by atoms with Crippen molar-refractivity contribution in [3.05, 3.63) is 11.7 Å². The number of aromatic nitrogens is 2. The van der Waals surface area contributed by atoms with Crippen molar-refractivity contribution in [1.82, 2.24) is 42.0 Å². The van der Waals surface area contributed by atoms with Crippen LogP contribution in [0.25, 0.3) is 0 Å². The molecule has 0 saturated carbocycles. The predicted molar refractivity (Wildman–Crippen MR) is 242 cm³/mol. The Morgan fingerprint density at radius 3 is 1.58 bits per heavy atom. The number of carboxylic acid groups (broad SMARTS) is 1. The fraction of sp³-hybridized carbons (Fsp3) is 0.810. The number of hydrogen-bond acceptors (Lipinski definition) is 12. The highest BCUT2D eigenvalue weighted by molar-refractivity contribution is 7.99. The highest BCUT2D eigenvalue weighted by Gasteiger charge is 2.23. The van der Waals surface area contributed by atoms with Gasteiger partial charge >= 0.3 is 5.97 Å². The lowest BCUT2D eigenvalue weighted by Gasteiger charge is -2.21. The highest BCUT2D eigenvalue weighted by atomic mass is 32.2. The molecule has 0 radical (unpaired) electrons. The molecule has 1 unspecified atom stereocenters. The summed E-state index contributed by atoms with van der Waals surface area (Å²) in [5, 5.41) is 30.3. The Labute approximate surface area is 368 Å². The first-order valence-electron chi connectivity index (χ1n) is 20.9. The topological polar surface area (TPSA) is 234 Å². The van der Waals surface area contributed by atoms with Crippen molar-refractivity contribution in [2.75, 3.05) is 55.7 Å². The van der Waals surface area contributed by atoms with E-state index >= 15 is 0 Å². The Morgan fingerprint density at radius 2 is 1.10 bits per heavy atom. The minimum absolute atomic E-state index is 0.0172. The second-order valence-corrected chi connectivity index (χ2v) is 21.7. The van der Waals surface area contributed by atoms with Crippen LogP contribution in [0, 0.1) is 21.7 Å². The van der Waals surface area contributed by atoms with Crippen LogP contribution in [0.1, 0.15) is 127 Å². The monoisotopic (exact) mass is 887 g/mol. The van der Waals surface area contributed by atoms with E-state index in [1.165, 1.54) is 11.8 Å². The molecule has 0 aliphatic rings. The van der Waals surface area contributed by atoms with Gasteiger partial charge in [-0.15, -0.1) is 0 Å². The molecule has 0 fully saturated rings. The van der Waals surface area contributed by atoms with E-state index in [1.807, 2.05) is 41.5 Å². The summed E-state index contributed by atoms with van der Waals surface area (Å²) in [5.41, 5.74) is 0.167. The van der Waals surface area contributed by atoms with Gasteiger partial charge in [0, 0.05) is 82.8 Å². The summed E-state index contributed by atoms with van der Waals surface area (Å²) < 4.78 is 5.14. The lowest BCUT2D eigenvalue weighted by Crippen LogP contribution is -2.49. The smallest absolute Gasteiger partial charge is 0.327 e. The molecule has 346 valence electrons. The largest absolute Gasteiger partial charge is 0.480 e. The number of carbonyl (C=O) groups excluding carboxylic acids is 5. The van der Waals surface area contributed by atoms with E-state index in [1.54, 1.807) is 18.7 Å². The first kappa shape index (κ1) is 56.6. The van der Waals surface area contributed by atoms with Gasteiger partial charge in [-0.2, -0.15) is 28.5 Å². The minimum Gasteiger partial charge on any atom is -0.480 e. The van der Waals surface area contributed by atoms with Crippen molar-refractivity contribution in [2.45, 2.75) is 141 Å². The molecule has 0 aromatic carbocycles. The summed E-state index contributed by atoms with van der Waals surface area (Å²) >= 11 is 3.18. The number of amides is 5. The quantitative estimate of drug-likeness (QED) is 0.0678. The van der Waals surface area contributed by atoms with Crippen LogP contribution in [0.4, 0.5) is 0 Å². The van der Waals surface area contributed by atoms with Gasteiger partial charge < -0.3 is 41.5 Å². The number of nitrogens with zero attached hydrogens (tertiary/aromatic N) is 2. The number of carboxylic acids is 1. The third-order valence-electron chi connectivity index (χ3n) is 7.60. The van der Waals surface area contributed by atoms with Gasteiger partial charge in [-0.05, 0) is 33.2 Å². The normalized spacial score (nSPS) is 12.9. The van der Waals surface area contributed by atoms with Crippen LogP contribution in [0.15, 0.2) is 4.52 Å². The van der Waals surface area contributed by atoms with E-state index in [0.717, 1.165) is 11.5 Å².